The number of hydrogen-bond acceptors (Lipinski definition) is 4. The Labute approximate surface area is 140 Å². The molecule has 2 aliphatic rings. The number of carbonyl (C=O) groups is 1. The molecule has 2 aliphatic heterocycles. The minimum absolute atomic E-state index is 0.0774. The van der Waals surface area contributed by atoms with Crippen LogP contribution in [-0.4, -0.2) is 27.0 Å². The minimum atomic E-state index is -0.392. The summed E-state index contributed by atoms with van der Waals surface area (Å²) in [6.45, 7) is 2.07. The predicted octanol–water partition coefficient (Wildman–Crippen LogP) is 3.87. The van der Waals surface area contributed by atoms with Crippen LogP contribution in [-0.2, 0) is 4.79 Å². The second-order valence-corrected chi connectivity index (χ2v) is 6.77. The lowest BCUT2D eigenvalue weighted by atomic mass is 10.1. The molecule has 0 saturated carbocycles. The lowest BCUT2D eigenvalue weighted by Crippen LogP contribution is -2.35. The van der Waals surface area contributed by atoms with Gasteiger partial charge < -0.3 is 0 Å². The molecule has 0 aromatic heterocycles. The van der Waals surface area contributed by atoms with Gasteiger partial charge in [0.05, 0.1) is 5.57 Å². The summed E-state index contributed by atoms with van der Waals surface area (Å²) in [6, 6.07) is 7.55. The molecule has 0 spiro atoms. The average Bonchev–Trinajstić information content (AvgIpc) is 2.87. The largest absolute Gasteiger partial charge is 0.283 e. The summed E-state index contributed by atoms with van der Waals surface area (Å²) in [5, 5.41) is 15.4. The van der Waals surface area contributed by atoms with E-state index in [0.29, 0.717) is 5.17 Å². The van der Waals surface area contributed by atoms with Gasteiger partial charge in [-0.1, -0.05) is 35.0 Å². The zero-order valence-corrected chi connectivity index (χ0v) is 14.2. The highest BCUT2D eigenvalue weighted by Crippen LogP contribution is 2.29. The predicted molar refractivity (Wildman–Crippen MR) is 94.1 cm³/mol. The lowest BCUT2D eigenvalue weighted by Gasteiger charge is -2.20. The van der Waals surface area contributed by atoms with E-state index in [1.807, 2.05) is 24.3 Å². The van der Waals surface area contributed by atoms with Crippen molar-refractivity contribution in [1.82, 2.24) is 5.01 Å². The van der Waals surface area contributed by atoms with Gasteiger partial charge in [-0.25, -0.2) is 0 Å². The average molecular weight is 377 g/mol. The van der Waals surface area contributed by atoms with E-state index in [0.717, 1.165) is 27.9 Å². The summed E-state index contributed by atoms with van der Waals surface area (Å²) >= 11 is 4.76. The summed E-state index contributed by atoms with van der Waals surface area (Å²) in [7, 11) is 0. The molecule has 1 aromatic carbocycles. The molecule has 0 fully saturated rings. The van der Waals surface area contributed by atoms with Crippen molar-refractivity contribution in [3.63, 3.8) is 0 Å². The standard InChI is InChI=1S/C15H13BrN4OS/c1-2-4-12-19-20-13(17)11(14(21)18-15(20)22-12)8-9-5-3-6-10(16)7-9/h3,5-8,17H,2,4H2,1H3/b11-8+,17-13?. The number of benzene rings is 1. The van der Waals surface area contributed by atoms with Crippen LogP contribution in [0.5, 0.6) is 0 Å². The number of fused-ring (bicyclic) bond motifs is 1. The highest BCUT2D eigenvalue weighted by Gasteiger charge is 2.35. The molecular formula is C15H13BrN4OS. The fourth-order valence-corrected chi connectivity index (χ4v) is 3.51. The minimum Gasteiger partial charge on any atom is -0.282 e. The van der Waals surface area contributed by atoms with Gasteiger partial charge in [0.25, 0.3) is 5.91 Å². The lowest BCUT2D eigenvalue weighted by molar-refractivity contribution is -0.114. The molecule has 0 bridgehead atoms. The van der Waals surface area contributed by atoms with Crippen molar-refractivity contribution in [3.05, 3.63) is 39.9 Å². The van der Waals surface area contributed by atoms with Crippen molar-refractivity contribution in [2.24, 2.45) is 10.1 Å². The monoisotopic (exact) mass is 376 g/mol. The summed E-state index contributed by atoms with van der Waals surface area (Å²) in [5.41, 5.74) is 1.09. The van der Waals surface area contributed by atoms with Crippen LogP contribution in [0.15, 0.2) is 44.4 Å². The van der Waals surface area contributed by atoms with Crippen LogP contribution in [0.3, 0.4) is 0 Å². The first-order valence-corrected chi connectivity index (χ1v) is 8.44. The van der Waals surface area contributed by atoms with Crippen LogP contribution >= 0.6 is 27.7 Å². The Kier molecular flexibility index (Phi) is 4.26. The van der Waals surface area contributed by atoms with Gasteiger partial charge in [0.2, 0.25) is 5.17 Å². The number of thioether (sulfide) groups is 1. The van der Waals surface area contributed by atoms with Crippen molar-refractivity contribution in [2.45, 2.75) is 19.8 Å². The molecule has 0 unspecified atom stereocenters. The smallest absolute Gasteiger partial charge is 0.282 e. The summed E-state index contributed by atoms with van der Waals surface area (Å²) in [6.07, 6.45) is 3.47. The van der Waals surface area contributed by atoms with Gasteiger partial charge in [-0.15, -0.1) is 0 Å². The Balaban J connectivity index is 1.95. The quantitative estimate of drug-likeness (QED) is 0.813. The van der Waals surface area contributed by atoms with E-state index in [4.69, 9.17) is 5.41 Å². The molecule has 22 heavy (non-hydrogen) atoms. The van der Waals surface area contributed by atoms with E-state index in [1.54, 1.807) is 6.08 Å². The van der Waals surface area contributed by atoms with Gasteiger partial charge in [-0.2, -0.15) is 15.1 Å². The van der Waals surface area contributed by atoms with E-state index in [2.05, 4.69) is 32.9 Å². The van der Waals surface area contributed by atoms with Crippen molar-refractivity contribution in [2.75, 3.05) is 0 Å². The third-order valence-corrected chi connectivity index (χ3v) is 4.58. The normalized spacial score (nSPS) is 19.4. The van der Waals surface area contributed by atoms with Crippen molar-refractivity contribution in [1.29, 1.82) is 5.41 Å². The molecule has 7 heteroatoms. The fourth-order valence-electron chi connectivity index (χ4n) is 2.11. The summed E-state index contributed by atoms with van der Waals surface area (Å²) < 4.78 is 0.917. The van der Waals surface area contributed by atoms with Crippen LogP contribution in [0.4, 0.5) is 0 Å². The number of carbonyl (C=O) groups excluding carboxylic acids is 1. The molecule has 112 valence electrons. The van der Waals surface area contributed by atoms with Gasteiger partial charge in [-0.3, -0.25) is 10.2 Å². The van der Waals surface area contributed by atoms with E-state index >= 15 is 0 Å². The van der Waals surface area contributed by atoms with Gasteiger partial charge in [0.1, 0.15) is 5.04 Å². The molecule has 1 N–H and O–H groups in total. The molecule has 0 radical (unpaired) electrons. The Hall–Kier alpha value is -1.73. The number of amides is 1. The van der Waals surface area contributed by atoms with Crippen LogP contribution in [0, 0.1) is 5.41 Å². The first kappa shape index (κ1) is 15.2. The van der Waals surface area contributed by atoms with E-state index in [-0.39, 0.29) is 11.4 Å². The maximum absolute atomic E-state index is 12.2. The van der Waals surface area contributed by atoms with Gasteiger partial charge in [0, 0.05) is 4.47 Å². The third-order valence-electron chi connectivity index (χ3n) is 3.12. The molecule has 2 heterocycles. The van der Waals surface area contributed by atoms with Crippen LogP contribution < -0.4 is 0 Å². The fraction of sp³-hybridized carbons (Fsp3) is 0.200. The van der Waals surface area contributed by atoms with Crippen LogP contribution in [0.25, 0.3) is 6.08 Å². The molecule has 1 aromatic rings. The Morgan fingerprint density at radius 1 is 1.45 bits per heavy atom. The summed E-state index contributed by atoms with van der Waals surface area (Å²) in [5.74, 6) is -0.315. The third kappa shape index (κ3) is 2.91. The first-order chi connectivity index (χ1) is 10.6. The number of hydrazone groups is 1. The topological polar surface area (TPSA) is 68.9 Å². The van der Waals surface area contributed by atoms with Gasteiger partial charge in [-0.05, 0) is 48.4 Å². The van der Waals surface area contributed by atoms with Crippen LogP contribution in [0.2, 0.25) is 0 Å². The maximum Gasteiger partial charge on any atom is 0.283 e. The summed E-state index contributed by atoms with van der Waals surface area (Å²) in [4.78, 5) is 16.3. The number of amidine groups is 2. The molecule has 0 saturated heterocycles. The van der Waals surface area contributed by atoms with E-state index < -0.39 is 5.91 Å². The Bertz CT molecular complexity index is 754. The SMILES string of the molecule is CCCC1=NN2C(=N)/C(=C\c3cccc(Br)c3)C(=O)N=C2S1. The number of nitrogens with one attached hydrogen (secondary N) is 1. The Morgan fingerprint density at radius 2 is 2.27 bits per heavy atom. The molecule has 5 nitrogen and oxygen atoms in total. The highest BCUT2D eigenvalue weighted by molar-refractivity contribution is 9.10. The van der Waals surface area contributed by atoms with Crippen molar-refractivity contribution in [3.8, 4) is 0 Å². The molecular weight excluding hydrogens is 364 g/mol. The van der Waals surface area contributed by atoms with Crippen molar-refractivity contribution < 1.29 is 4.79 Å². The number of rotatable bonds is 3. The van der Waals surface area contributed by atoms with Gasteiger partial charge >= 0.3 is 0 Å². The highest BCUT2D eigenvalue weighted by atomic mass is 79.9. The Morgan fingerprint density at radius 3 is 3.00 bits per heavy atom. The maximum atomic E-state index is 12.2. The number of hydrogen-bond donors (Lipinski definition) is 1. The zero-order chi connectivity index (χ0) is 15.7. The molecule has 3 rings (SSSR count). The number of halogens is 1. The zero-order valence-electron chi connectivity index (χ0n) is 11.8. The van der Waals surface area contributed by atoms with E-state index in [1.165, 1.54) is 16.8 Å². The second kappa shape index (κ2) is 6.18. The van der Waals surface area contributed by atoms with Crippen molar-refractivity contribution >= 4 is 55.7 Å². The first-order valence-electron chi connectivity index (χ1n) is 6.83. The van der Waals surface area contributed by atoms with E-state index in [9.17, 15) is 4.79 Å². The van der Waals surface area contributed by atoms with Gasteiger partial charge in [0.15, 0.2) is 5.84 Å². The number of nitrogens with zero attached hydrogens (tertiary/aromatic N) is 3. The molecule has 0 aliphatic carbocycles. The molecule has 1 amide bonds. The number of aliphatic imine (C=N–C) groups is 1. The second-order valence-electron chi connectivity index (χ2n) is 4.82. The van der Waals surface area contributed by atoms with Crippen LogP contribution in [0.1, 0.15) is 25.3 Å². The molecule has 0 atom stereocenters.